The number of hydrogen-bond donors (Lipinski definition) is 2. The number of piperidine rings is 1. The number of thiophene rings is 1. The van der Waals surface area contributed by atoms with Crippen molar-refractivity contribution in [2.45, 2.75) is 45.7 Å². The van der Waals surface area contributed by atoms with Gasteiger partial charge in [0.15, 0.2) is 0 Å². The van der Waals surface area contributed by atoms with E-state index in [2.05, 4.69) is 25.6 Å². The second-order valence-corrected chi connectivity index (χ2v) is 12.3. The zero-order valence-corrected chi connectivity index (χ0v) is 24.5. The molecule has 1 aromatic carbocycles. The van der Waals surface area contributed by atoms with Gasteiger partial charge in [0.1, 0.15) is 0 Å². The van der Waals surface area contributed by atoms with Crippen molar-refractivity contribution in [2.75, 3.05) is 31.5 Å². The minimum absolute atomic E-state index is 0.0149. The smallest absolute Gasteiger partial charge is 0.240 e. The quantitative estimate of drug-likeness (QED) is 0.301. The molecule has 3 aromatic heterocycles. The van der Waals surface area contributed by atoms with E-state index in [1.807, 2.05) is 28.9 Å². The molecule has 3 N–H and O–H groups in total. The van der Waals surface area contributed by atoms with Crippen molar-refractivity contribution in [1.29, 1.82) is 0 Å². The third-order valence-electron chi connectivity index (χ3n) is 7.87. The van der Waals surface area contributed by atoms with Gasteiger partial charge in [-0.3, -0.25) is 9.59 Å². The van der Waals surface area contributed by atoms with Crippen LogP contribution in [-0.4, -0.2) is 73.8 Å². The van der Waals surface area contributed by atoms with Gasteiger partial charge in [-0.05, 0) is 43.5 Å². The first-order chi connectivity index (χ1) is 19.7. The molecular formula is C28H31ClN8O3S. The summed E-state index contributed by atoms with van der Waals surface area (Å²) in [5.41, 5.74) is 8.84. The normalized spacial score (nSPS) is 17.5. The minimum atomic E-state index is -0.121. The Hall–Kier alpha value is -3.61. The van der Waals surface area contributed by atoms with E-state index in [1.54, 1.807) is 30.7 Å². The molecule has 4 aromatic rings. The van der Waals surface area contributed by atoms with Crippen LogP contribution in [0.4, 0.5) is 5.69 Å². The van der Waals surface area contributed by atoms with Gasteiger partial charge in [0.25, 0.3) is 0 Å². The molecule has 0 bridgehead atoms. The van der Waals surface area contributed by atoms with Gasteiger partial charge in [-0.2, -0.15) is 4.98 Å². The summed E-state index contributed by atoms with van der Waals surface area (Å²) in [6.07, 6.45) is 5.23. The van der Waals surface area contributed by atoms with Crippen molar-refractivity contribution in [1.82, 2.24) is 29.7 Å². The molecule has 13 heteroatoms. The van der Waals surface area contributed by atoms with Gasteiger partial charge in [0.05, 0.1) is 35.0 Å². The van der Waals surface area contributed by atoms with Gasteiger partial charge in [0, 0.05) is 72.6 Å². The van der Waals surface area contributed by atoms with Gasteiger partial charge < -0.3 is 25.6 Å². The lowest BCUT2D eigenvalue weighted by molar-refractivity contribution is -0.131. The topological polar surface area (TPSA) is 139 Å². The number of nitrogens with one attached hydrogen (secondary N) is 1. The summed E-state index contributed by atoms with van der Waals surface area (Å²) in [6, 6.07) is 3.94. The van der Waals surface area contributed by atoms with E-state index < -0.39 is 0 Å². The number of hydrogen-bond acceptors (Lipinski definition) is 10. The van der Waals surface area contributed by atoms with E-state index in [9.17, 15) is 9.59 Å². The van der Waals surface area contributed by atoms with Gasteiger partial charge in [-0.1, -0.05) is 0 Å². The average Bonchev–Trinajstić information content (AvgIpc) is 3.49. The predicted molar refractivity (Wildman–Crippen MR) is 158 cm³/mol. The first-order valence-electron chi connectivity index (χ1n) is 13.6. The number of halogens is 1. The van der Waals surface area contributed by atoms with Gasteiger partial charge >= 0.3 is 0 Å². The lowest BCUT2D eigenvalue weighted by Gasteiger charge is -2.38. The number of likely N-dealkylation sites (tertiary alicyclic amines) is 2. The number of amides is 2. The molecular weight excluding hydrogens is 564 g/mol. The fourth-order valence-corrected chi connectivity index (χ4v) is 6.71. The van der Waals surface area contributed by atoms with Crippen molar-refractivity contribution in [3.63, 3.8) is 0 Å². The molecule has 2 saturated heterocycles. The van der Waals surface area contributed by atoms with Crippen molar-refractivity contribution in [3.05, 3.63) is 40.8 Å². The van der Waals surface area contributed by atoms with Gasteiger partial charge in [-0.25, -0.2) is 15.0 Å². The van der Waals surface area contributed by atoms with Crippen LogP contribution in [-0.2, 0) is 16.1 Å². The summed E-state index contributed by atoms with van der Waals surface area (Å²) < 4.78 is 7.20. The monoisotopic (exact) mass is 594 g/mol. The first-order valence-corrected chi connectivity index (χ1v) is 14.8. The highest BCUT2D eigenvalue weighted by molar-refractivity contribution is 7.18. The molecule has 1 atom stereocenters. The number of benzene rings is 1. The molecule has 0 radical (unpaired) electrons. The molecule has 2 amide bonds. The van der Waals surface area contributed by atoms with Crippen molar-refractivity contribution >= 4 is 61.6 Å². The van der Waals surface area contributed by atoms with E-state index in [4.69, 9.17) is 27.1 Å². The van der Waals surface area contributed by atoms with Crippen LogP contribution in [0.5, 0.6) is 11.8 Å². The zero-order valence-electron chi connectivity index (χ0n) is 22.9. The molecule has 41 heavy (non-hydrogen) atoms. The number of ether oxygens (including phenoxy) is 1. The highest BCUT2D eigenvalue weighted by Gasteiger charge is 2.45. The molecule has 11 nitrogen and oxygen atoms in total. The maximum Gasteiger partial charge on any atom is 0.240 e. The number of carbonyl (C=O) groups excluding carboxylic acids is 2. The Balaban J connectivity index is 1.22. The van der Waals surface area contributed by atoms with Crippen LogP contribution in [0, 0.1) is 5.41 Å². The number of aromatic nitrogens is 4. The Morgan fingerprint density at radius 3 is 2.80 bits per heavy atom. The summed E-state index contributed by atoms with van der Waals surface area (Å²) in [5, 5.41) is 6.48. The van der Waals surface area contributed by atoms with Gasteiger partial charge in [-0.15, -0.1) is 11.3 Å². The number of rotatable bonds is 7. The molecule has 214 valence electrons. The van der Waals surface area contributed by atoms with Crippen LogP contribution in [0.2, 0.25) is 5.28 Å². The number of fused-ring (bicyclic) bond motifs is 3. The van der Waals surface area contributed by atoms with Crippen LogP contribution < -0.4 is 15.8 Å². The van der Waals surface area contributed by atoms with Crippen molar-refractivity contribution in [2.24, 2.45) is 11.1 Å². The summed E-state index contributed by atoms with van der Waals surface area (Å²) in [5.74, 6) is 0.639. The largest absolute Gasteiger partial charge is 0.418 e. The third kappa shape index (κ3) is 5.64. The average molecular weight is 595 g/mol. The Morgan fingerprint density at radius 1 is 1.24 bits per heavy atom. The van der Waals surface area contributed by atoms with Crippen LogP contribution in [0.15, 0.2) is 29.9 Å². The number of nitrogens with two attached hydrogens (primary N) is 1. The summed E-state index contributed by atoms with van der Waals surface area (Å²) >= 11 is 7.77. The van der Waals surface area contributed by atoms with Crippen LogP contribution in [0.25, 0.3) is 21.1 Å². The lowest BCUT2D eigenvalue weighted by atomic mass is 9.77. The van der Waals surface area contributed by atoms with Crippen LogP contribution >= 0.6 is 22.9 Å². The summed E-state index contributed by atoms with van der Waals surface area (Å²) in [6.45, 7) is 6.44. The molecule has 5 heterocycles. The molecule has 0 saturated carbocycles. The molecule has 1 unspecified atom stereocenters. The molecule has 0 aliphatic carbocycles. The fraction of sp³-hybridized carbons (Fsp3) is 0.429. The maximum atomic E-state index is 13.1. The van der Waals surface area contributed by atoms with Crippen molar-refractivity contribution in [3.8, 4) is 11.8 Å². The molecule has 6 rings (SSSR count). The van der Waals surface area contributed by atoms with Crippen molar-refractivity contribution < 1.29 is 14.3 Å². The Labute approximate surface area is 246 Å². The van der Waals surface area contributed by atoms with E-state index >= 15 is 0 Å². The summed E-state index contributed by atoms with van der Waals surface area (Å²) in [4.78, 5) is 46.3. The Bertz CT molecular complexity index is 1640. The molecule has 2 fully saturated rings. The third-order valence-corrected chi connectivity index (χ3v) is 9.00. The van der Waals surface area contributed by atoms with E-state index in [-0.39, 0.29) is 46.9 Å². The predicted octanol–water partition coefficient (Wildman–Crippen LogP) is 4.20. The Kier molecular flexibility index (Phi) is 7.39. The lowest BCUT2D eigenvalue weighted by Crippen LogP contribution is -2.43. The van der Waals surface area contributed by atoms with E-state index in [0.717, 1.165) is 34.1 Å². The molecule has 2 aliphatic heterocycles. The second-order valence-electron chi connectivity index (χ2n) is 11.0. The van der Waals surface area contributed by atoms with Crippen LogP contribution in [0.1, 0.15) is 38.7 Å². The van der Waals surface area contributed by atoms with E-state index in [1.165, 1.54) is 0 Å². The Morgan fingerprint density at radius 2 is 2.05 bits per heavy atom. The van der Waals surface area contributed by atoms with Gasteiger partial charge in [0.2, 0.25) is 28.9 Å². The fourth-order valence-electron chi connectivity index (χ4n) is 5.67. The zero-order chi connectivity index (χ0) is 28.7. The highest BCUT2D eigenvalue weighted by Crippen LogP contribution is 2.42. The second kappa shape index (κ2) is 11.0. The molecule has 1 spiro atoms. The summed E-state index contributed by atoms with van der Waals surface area (Å²) in [7, 11) is 0. The number of carbonyl (C=O) groups is 2. The first kappa shape index (κ1) is 27.6. The molecule has 2 aliphatic rings. The minimum Gasteiger partial charge on any atom is -0.418 e. The number of nitrogens with zero attached hydrogens (tertiary/aromatic N) is 6. The number of anilines is 1. The standard InChI is InChI=1S/C28H31ClN8O3S/c1-16(30)10-31-20-14-41-21-4-3-19-25(24(20)21)32-12-22(34-19)40-26-18(11-33-27(29)35-26)13-37-15-28(9-23(37)39)5-7-36(8-6-28)17(2)38/h3-4,11-12,14,16,31H,5-10,13,15,30H2,1-2H3. The van der Waals surface area contributed by atoms with Crippen LogP contribution in [0.3, 0.4) is 0 Å². The SMILES string of the molecule is CC(=O)N1CCC2(CC1)CC(=O)N(Cc1cnc(Cl)nc1Oc1cnc3c(ccc4scc(NCC(C)N)c43)n1)C2. The maximum absolute atomic E-state index is 13.1. The highest BCUT2D eigenvalue weighted by atomic mass is 35.5. The van der Waals surface area contributed by atoms with E-state index in [0.29, 0.717) is 43.7 Å².